The standard InChI is InChI=1S/C15H21F2N3O/c1-15(3-5-20(2)6-4-15)9-19-14(21)10-7-11(16)12(17)8-13(10)18/h7-8H,3-6,9,18H2,1-2H3,(H,19,21). The van der Waals surface area contributed by atoms with Gasteiger partial charge in [-0.25, -0.2) is 8.78 Å². The second kappa shape index (κ2) is 5.97. The summed E-state index contributed by atoms with van der Waals surface area (Å²) in [5.74, 6) is -2.59. The molecule has 0 unspecified atom stereocenters. The number of likely N-dealkylation sites (tertiary alicyclic amines) is 1. The molecule has 1 fully saturated rings. The highest BCUT2D eigenvalue weighted by atomic mass is 19.2. The Morgan fingerprint density at radius 2 is 1.90 bits per heavy atom. The van der Waals surface area contributed by atoms with E-state index in [1.165, 1.54) is 0 Å². The lowest BCUT2D eigenvalue weighted by Gasteiger charge is -2.38. The fourth-order valence-electron chi connectivity index (χ4n) is 2.48. The molecule has 1 aromatic carbocycles. The first-order valence-electron chi connectivity index (χ1n) is 7.02. The Labute approximate surface area is 123 Å². The van der Waals surface area contributed by atoms with Gasteiger partial charge in [0, 0.05) is 18.3 Å². The zero-order valence-electron chi connectivity index (χ0n) is 12.4. The molecule has 1 heterocycles. The van der Waals surface area contributed by atoms with E-state index in [4.69, 9.17) is 5.73 Å². The summed E-state index contributed by atoms with van der Waals surface area (Å²) in [6.45, 7) is 4.59. The predicted octanol–water partition coefficient (Wildman–Crippen LogP) is 2.01. The molecular formula is C15H21F2N3O. The van der Waals surface area contributed by atoms with E-state index in [9.17, 15) is 13.6 Å². The Kier molecular flexibility index (Phi) is 4.46. The van der Waals surface area contributed by atoms with Gasteiger partial charge >= 0.3 is 0 Å². The van der Waals surface area contributed by atoms with Gasteiger partial charge in [0.25, 0.3) is 5.91 Å². The topological polar surface area (TPSA) is 58.4 Å². The first kappa shape index (κ1) is 15.7. The van der Waals surface area contributed by atoms with Crippen molar-refractivity contribution in [2.45, 2.75) is 19.8 Å². The van der Waals surface area contributed by atoms with Crippen molar-refractivity contribution >= 4 is 11.6 Å². The molecular weight excluding hydrogens is 276 g/mol. The van der Waals surface area contributed by atoms with Gasteiger partial charge in [0.1, 0.15) is 0 Å². The van der Waals surface area contributed by atoms with Crippen LogP contribution in [-0.4, -0.2) is 37.5 Å². The van der Waals surface area contributed by atoms with Crippen LogP contribution in [0.3, 0.4) is 0 Å². The van der Waals surface area contributed by atoms with E-state index in [2.05, 4.69) is 24.2 Å². The zero-order valence-corrected chi connectivity index (χ0v) is 12.4. The number of benzene rings is 1. The average Bonchev–Trinajstić information content (AvgIpc) is 2.44. The van der Waals surface area contributed by atoms with E-state index < -0.39 is 17.5 Å². The van der Waals surface area contributed by atoms with Crippen molar-refractivity contribution in [1.82, 2.24) is 10.2 Å². The largest absolute Gasteiger partial charge is 0.398 e. The van der Waals surface area contributed by atoms with Crippen LogP contribution < -0.4 is 11.1 Å². The molecule has 4 nitrogen and oxygen atoms in total. The second-order valence-corrected chi connectivity index (χ2v) is 6.15. The van der Waals surface area contributed by atoms with E-state index in [-0.39, 0.29) is 16.7 Å². The number of hydrogen-bond donors (Lipinski definition) is 2. The number of nitrogens with zero attached hydrogens (tertiary/aromatic N) is 1. The number of halogens is 2. The lowest BCUT2D eigenvalue weighted by molar-refractivity contribution is 0.0892. The van der Waals surface area contributed by atoms with Gasteiger partial charge in [-0.05, 0) is 44.5 Å². The highest BCUT2D eigenvalue weighted by Crippen LogP contribution is 2.29. The zero-order chi connectivity index (χ0) is 15.6. The molecule has 2 rings (SSSR count). The molecule has 1 aliphatic rings. The molecule has 3 N–H and O–H groups in total. The molecule has 0 radical (unpaired) electrons. The Morgan fingerprint density at radius 1 is 1.33 bits per heavy atom. The van der Waals surface area contributed by atoms with E-state index in [0.29, 0.717) is 6.54 Å². The number of nitrogens with two attached hydrogens (primary N) is 1. The van der Waals surface area contributed by atoms with Crippen molar-refractivity contribution in [3.63, 3.8) is 0 Å². The minimum atomic E-state index is -1.07. The number of carbonyl (C=O) groups excluding carboxylic acids is 1. The van der Waals surface area contributed by atoms with Crippen LogP contribution in [0.5, 0.6) is 0 Å². The second-order valence-electron chi connectivity index (χ2n) is 6.15. The monoisotopic (exact) mass is 297 g/mol. The third-order valence-corrected chi connectivity index (χ3v) is 4.21. The van der Waals surface area contributed by atoms with Gasteiger partial charge in [-0.2, -0.15) is 0 Å². The van der Waals surface area contributed by atoms with Crippen molar-refractivity contribution in [2.24, 2.45) is 5.41 Å². The van der Waals surface area contributed by atoms with Gasteiger partial charge in [0.15, 0.2) is 11.6 Å². The molecule has 0 aliphatic carbocycles. The lowest BCUT2D eigenvalue weighted by Crippen LogP contribution is -2.43. The smallest absolute Gasteiger partial charge is 0.253 e. The van der Waals surface area contributed by atoms with Crippen LogP contribution >= 0.6 is 0 Å². The maximum atomic E-state index is 13.2. The van der Waals surface area contributed by atoms with Gasteiger partial charge in [-0.1, -0.05) is 6.92 Å². The van der Waals surface area contributed by atoms with E-state index in [1.807, 2.05) is 0 Å². The van der Waals surface area contributed by atoms with Gasteiger partial charge in [-0.3, -0.25) is 4.79 Å². The van der Waals surface area contributed by atoms with Crippen LogP contribution in [0.15, 0.2) is 12.1 Å². The molecule has 0 atom stereocenters. The van der Waals surface area contributed by atoms with Crippen LogP contribution in [0.2, 0.25) is 0 Å². The first-order chi connectivity index (χ1) is 9.81. The molecule has 1 amide bonds. The van der Waals surface area contributed by atoms with Crippen LogP contribution in [0, 0.1) is 17.0 Å². The first-order valence-corrected chi connectivity index (χ1v) is 7.02. The fraction of sp³-hybridized carbons (Fsp3) is 0.533. The quantitative estimate of drug-likeness (QED) is 0.839. The third kappa shape index (κ3) is 3.69. The van der Waals surface area contributed by atoms with Crippen LogP contribution in [0.25, 0.3) is 0 Å². The number of piperidine rings is 1. The van der Waals surface area contributed by atoms with Crippen molar-refractivity contribution in [1.29, 1.82) is 0 Å². The van der Waals surface area contributed by atoms with E-state index in [0.717, 1.165) is 38.1 Å². The van der Waals surface area contributed by atoms with Gasteiger partial charge in [-0.15, -0.1) is 0 Å². The molecule has 6 heteroatoms. The lowest BCUT2D eigenvalue weighted by atomic mass is 9.80. The van der Waals surface area contributed by atoms with Crippen LogP contribution in [0.4, 0.5) is 14.5 Å². The number of carbonyl (C=O) groups is 1. The summed E-state index contributed by atoms with van der Waals surface area (Å²) < 4.78 is 26.2. The molecule has 1 saturated heterocycles. The Hall–Kier alpha value is -1.69. The van der Waals surface area contributed by atoms with Crippen molar-refractivity contribution in [3.8, 4) is 0 Å². The summed E-state index contributed by atoms with van der Waals surface area (Å²) in [6, 6.07) is 1.68. The van der Waals surface area contributed by atoms with Crippen molar-refractivity contribution in [2.75, 3.05) is 32.4 Å². The molecule has 0 spiro atoms. The summed E-state index contributed by atoms with van der Waals surface area (Å²) in [5, 5.41) is 2.78. The van der Waals surface area contributed by atoms with Gasteiger partial charge in [0.05, 0.1) is 5.56 Å². The molecule has 0 saturated carbocycles. The van der Waals surface area contributed by atoms with Crippen LogP contribution in [-0.2, 0) is 0 Å². The van der Waals surface area contributed by atoms with Crippen molar-refractivity contribution < 1.29 is 13.6 Å². The number of anilines is 1. The van der Waals surface area contributed by atoms with Gasteiger partial charge in [0.2, 0.25) is 0 Å². The molecule has 21 heavy (non-hydrogen) atoms. The summed E-state index contributed by atoms with van der Waals surface area (Å²) >= 11 is 0. The number of rotatable bonds is 3. The predicted molar refractivity (Wildman–Crippen MR) is 77.9 cm³/mol. The normalized spacial score (nSPS) is 18.5. The Bertz CT molecular complexity index is 540. The molecule has 116 valence electrons. The van der Waals surface area contributed by atoms with E-state index >= 15 is 0 Å². The summed E-state index contributed by atoms with van der Waals surface area (Å²) in [5.41, 5.74) is 5.52. The fourth-order valence-corrected chi connectivity index (χ4v) is 2.48. The highest BCUT2D eigenvalue weighted by Gasteiger charge is 2.29. The molecule has 0 bridgehead atoms. The summed E-state index contributed by atoms with van der Waals surface area (Å²) in [6.07, 6.45) is 1.97. The number of nitrogens with one attached hydrogen (secondary N) is 1. The Morgan fingerprint density at radius 3 is 2.52 bits per heavy atom. The van der Waals surface area contributed by atoms with E-state index in [1.54, 1.807) is 0 Å². The highest BCUT2D eigenvalue weighted by molar-refractivity contribution is 5.99. The van der Waals surface area contributed by atoms with Gasteiger partial charge < -0.3 is 16.0 Å². The number of hydrogen-bond acceptors (Lipinski definition) is 3. The number of nitrogen functional groups attached to an aromatic ring is 1. The molecule has 1 aliphatic heterocycles. The SMILES string of the molecule is CN1CCC(C)(CNC(=O)c2cc(F)c(F)cc2N)CC1. The minimum absolute atomic E-state index is 0.0228. The minimum Gasteiger partial charge on any atom is -0.398 e. The summed E-state index contributed by atoms with van der Waals surface area (Å²) in [7, 11) is 2.07. The average molecular weight is 297 g/mol. The molecule has 1 aromatic rings. The molecule has 0 aromatic heterocycles. The number of amides is 1. The third-order valence-electron chi connectivity index (χ3n) is 4.21. The van der Waals surface area contributed by atoms with Crippen LogP contribution in [0.1, 0.15) is 30.1 Å². The maximum Gasteiger partial charge on any atom is 0.253 e. The van der Waals surface area contributed by atoms with Crippen molar-refractivity contribution in [3.05, 3.63) is 29.3 Å². The summed E-state index contributed by atoms with van der Waals surface area (Å²) in [4.78, 5) is 14.3. The Balaban J connectivity index is 2.00. The maximum absolute atomic E-state index is 13.2.